The first-order valence-electron chi connectivity index (χ1n) is 7.83. The minimum atomic E-state index is -4.53. The summed E-state index contributed by atoms with van der Waals surface area (Å²) in [6.45, 7) is 0.658. The Labute approximate surface area is 160 Å². The van der Waals surface area contributed by atoms with Crippen molar-refractivity contribution in [3.05, 3.63) is 63.1 Å². The van der Waals surface area contributed by atoms with Crippen molar-refractivity contribution in [1.82, 2.24) is 9.78 Å². The first-order chi connectivity index (χ1) is 12.3. The average Bonchev–Trinajstić information content (AvgIpc) is 3.18. The fraction of sp³-hybridized carbons (Fsp3) is 0.167. The number of anilines is 1. The van der Waals surface area contributed by atoms with Crippen LogP contribution in [0.25, 0.3) is 16.9 Å². The molecule has 26 heavy (non-hydrogen) atoms. The van der Waals surface area contributed by atoms with Crippen molar-refractivity contribution in [3.8, 4) is 16.9 Å². The van der Waals surface area contributed by atoms with Gasteiger partial charge in [0.05, 0.1) is 16.9 Å². The average molecular weight is 443 g/mol. The van der Waals surface area contributed by atoms with Gasteiger partial charge in [-0.05, 0) is 36.8 Å². The number of nitrogens with one attached hydrogen (secondary N) is 1. The first-order valence-corrected chi connectivity index (χ1v) is 9.00. The lowest BCUT2D eigenvalue weighted by Crippen LogP contribution is -2.13. The van der Waals surface area contributed by atoms with Gasteiger partial charge in [-0.25, -0.2) is 4.68 Å². The summed E-state index contributed by atoms with van der Waals surface area (Å²) in [4.78, 5) is 0. The van der Waals surface area contributed by atoms with Crippen LogP contribution in [-0.2, 0) is 12.6 Å². The minimum absolute atomic E-state index is 0.0333. The zero-order valence-corrected chi connectivity index (χ0v) is 15.6. The van der Waals surface area contributed by atoms with Gasteiger partial charge >= 0.3 is 6.18 Å². The topological polar surface area (TPSA) is 29.9 Å². The number of hydrogen-bond acceptors (Lipinski definition) is 2. The van der Waals surface area contributed by atoms with Crippen LogP contribution in [-0.4, -0.2) is 16.3 Å². The molecule has 0 saturated carbocycles. The van der Waals surface area contributed by atoms with E-state index in [1.807, 2.05) is 24.3 Å². The van der Waals surface area contributed by atoms with E-state index in [4.69, 9.17) is 11.6 Å². The van der Waals surface area contributed by atoms with Crippen molar-refractivity contribution in [3.63, 3.8) is 0 Å². The number of nitrogens with zero attached hydrogens (tertiary/aromatic N) is 2. The van der Waals surface area contributed by atoms with Crippen molar-refractivity contribution >= 4 is 33.3 Å². The van der Waals surface area contributed by atoms with Gasteiger partial charge in [0.25, 0.3) is 0 Å². The van der Waals surface area contributed by atoms with E-state index in [0.717, 1.165) is 21.7 Å². The maximum Gasteiger partial charge on any atom is 0.418 e. The molecule has 0 fully saturated rings. The second kappa shape index (κ2) is 6.32. The van der Waals surface area contributed by atoms with Crippen LogP contribution in [0.3, 0.4) is 0 Å². The first kappa shape index (κ1) is 17.4. The van der Waals surface area contributed by atoms with Crippen LogP contribution in [0.15, 0.2) is 46.9 Å². The summed E-state index contributed by atoms with van der Waals surface area (Å²) in [6.07, 6.45) is -3.83. The molecular formula is C18H12BrClF3N3. The quantitative estimate of drug-likeness (QED) is 0.532. The largest absolute Gasteiger partial charge is 0.418 e. The monoisotopic (exact) mass is 441 g/mol. The zero-order chi connectivity index (χ0) is 18.5. The third-order valence-corrected chi connectivity index (χ3v) is 5.02. The molecule has 0 aliphatic carbocycles. The predicted octanol–water partition coefficient (Wildman–Crippen LogP) is 5.94. The molecule has 0 unspecified atom stereocenters. The highest BCUT2D eigenvalue weighted by Crippen LogP contribution is 2.40. The molecule has 3 nitrogen and oxygen atoms in total. The van der Waals surface area contributed by atoms with Crippen molar-refractivity contribution in [1.29, 1.82) is 0 Å². The Morgan fingerprint density at radius 1 is 1.12 bits per heavy atom. The summed E-state index contributed by atoms with van der Waals surface area (Å²) >= 11 is 9.18. The highest BCUT2D eigenvalue weighted by molar-refractivity contribution is 9.10. The second-order valence-corrected chi connectivity index (χ2v) is 7.28. The smallest absolute Gasteiger partial charge is 0.369 e. The molecule has 0 atom stereocenters. The summed E-state index contributed by atoms with van der Waals surface area (Å²) in [5, 5.41) is 7.69. The molecule has 1 aromatic heterocycles. The molecule has 0 spiro atoms. The molecule has 0 amide bonds. The van der Waals surface area contributed by atoms with Gasteiger partial charge in [0.15, 0.2) is 0 Å². The second-order valence-electron chi connectivity index (χ2n) is 5.93. The van der Waals surface area contributed by atoms with Crippen molar-refractivity contribution in [2.24, 2.45) is 0 Å². The fourth-order valence-corrected chi connectivity index (χ4v) is 3.55. The Morgan fingerprint density at radius 3 is 2.54 bits per heavy atom. The summed E-state index contributed by atoms with van der Waals surface area (Å²) in [6, 6.07) is 11.3. The third kappa shape index (κ3) is 2.99. The van der Waals surface area contributed by atoms with Crippen molar-refractivity contribution < 1.29 is 13.2 Å². The number of alkyl halides is 3. The van der Waals surface area contributed by atoms with Gasteiger partial charge < -0.3 is 5.32 Å². The predicted molar refractivity (Wildman–Crippen MR) is 98.9 cm³/mol. The van der Waals surface area contributed by atoms with Crippen LogP contribution in [0.5, 0.6) is 0 Å². The molecule has 2 aromatic carbocycles. The van der Waals surface area contributed by atoms with E-state index in [1.165, 1.54) is 16.8 Å². The lowest BCUT2D eigenvalue weighted by atomic mass is 10.1. The molecule has 0 saturated heterocycles. The van der Waals surface area contributed by atoms with Gasteiger partial charge in [-0.3, -0.25) is 0 Å². The van der Waals surface area contributed by atoms with Gasteiger partial charge in [0.1, 0.15) is 5.82 Å². The van der Waals surface area contributed by atoms with Crippen LogP contribution in [0.2, 0.25) is 5.02 Å². The van der Waals surface area contributed by atoms with Crippen LogP contribution in [0.1, 0.15) is 11.1 Å². The van der Waals surface area contributed by atoms with Gasteiger partial charge in [0, 0.05) is 27.2 Å². The Kier molecular flexibility index (Phi) is 4.23. The Morgan fingerprint density at radius 2 is 1.85 bits per heavy atom. The normalized spacial score (nSPS) is 13.6. The maximum absolute atomic E-state index is 13.5. The number of aromatic nitrogens is 2. The van der Waals surface area contributed by atoms with Crippen LogP contribution >= 0.6 is 27.5 Å². The lowest BCUT2D eigenvalue weighted by Gasteiger charge is -2.15. The molecular weight excluding hydrogens is 431 g/mol. The number of halogens is 5. The summed E-state index contributed by atoms with van der Waals surface area (Å²) in [5.41, 5.74) is 1.59. The SMILES string of the molecule is FC(F)(F)c1cc(Cl)ccc1-n1nc(-c2ccc(Br)cc2)c2c1NCC2. The maximum atomic E-state index is 13.5. The Hall–Kier alpha value is -1.99. The van der Waals surface area contributed by atoms with Crippen LogP contribution in [0, 0.1) is 0 Å². The highest BCUT2D eigenvalue weighted by Gasteiger charge is 2.36. The summed E-state index contributed by atoms with van der Waals surface area (Å²) in [7, 11) is 0. The van der Waals surface area contributed by atoms with E-state index in [1.54, 1.807) is 0 Å². The van der Waals surface area contributed by atoms with E-state index in [9.17, 15) is 13.2 Å². The zero-order valence-electron chi connectivity index (χ0n) is 13.2. The lowest BCUT2D eigenvalue weighted by molar-refractivity contribution is -0.137. The standard InChI is InChI=1S/C18H12BrClF3N3/c19-11-3-1-10(2-4-11)16-13-7-8-24-17(13)26(25-16)15-6-5-12(20)9-14(15)18(21,22)23/h1-6,9,24H,7-8H2. The van der Waals surface area contributed by atoms with E-state index < -0.39 is 11.7 Å². The fourth-order valence-electron chi connectivity index (χ4n) is 3.11. The van der Waals surface area contributed by atoms with Gasteiger partial charge in [0.2, 0.25) is 0 Å². The van der Waals surface area contributed by atoms with E-state index in [-0.39, 0.29) is 10.7 Å². The van der Waals surface area contributed by atoms with Crippen molar-refractivity contribution in [2.75, 3.05) is 11.9 Å². The third-order valence-electron chi connectivity index (χ3n) is 4.26. The van der Waals surface area contributed by atoms with E-state index >= 15 is 0 Å². The van der Waals surface area contributed by atoms with E-state index in [0.29, 0.717) is 24.5 Å². The molecule has 0 bridgehead atoms. The van der Waals surface area contributed by atoms with Crippen molar-refractivity contribution in [2.45, 2.75) is 12.6 Å². The molecule has 8 heteroatoms. The minimum Gasteiger partial charge on any atom is -0.369 e. The molecule has 134 valence electrons. The van der Waals surface area contributed by atoms with E-state index in [2.05, 4.69) is 26.3 Å². The number of benzene rings is 2. The van der Waals surface area contributed by atoms with Crippen LogP contribution in [0.4, 0.5) is 19.0 Å². The number of fused-ring (bicyclic) bond motifs is 1. The molecule has 4 rings (SSSR count). The van der Waals surface area contributed by atoms with Crippen LogP contribution < -0.4 is 5.32 Å². The molecule has 0 radical (unpaired) electrons. The van der Waals surface area contributed by atoms with Gasteiger partial charge in [-0.1, -0.05) is 39.7 Å². The molecule has 1 N–H and O–H groups in total. The number of hydrogen-bond donors (Lipinski definition) is 1. The van der Waals surface area contributed by atoms with Gasteiger partial charge in [-0.15, -0.1) is 0 Å². The Balaban J connectivity index is 1.92. The molecule has 2 heterocycles. The van der Waals surface area contributed by atoms with Gasteiger partial charge in [-0.2, -0.15) is 18.3 Å². The highest BCUT2D eigenvalue weighted by atomic mass is 79.9. The number of rotatable bonds is 2. The summed E-state index contributed by atoms with van der Waals surface area (Å²) in [5.74, 6) is 0.593. The Bertz CT molecular complexity index is 981. The summed E-state index contributed by atoms with van der Waals surface area (Å²) < 4.78 is 42.8. The molecule has 3 aromatic rings. The molecule has 1 aliphatic heterocycles. The molecule has 1 aliphatic rings.